The SMILES string of the molecule is C=C(CCC(CC)CCCC)C(=O)O.C=CCCC(=C)C(=O)O. The Morgan fingerprint density at radius 1 is 1.00 bits per heavy atom. The first-order valence-electron chi connectivity index (χ1n) is 8.23. The van der Waals surface area contributed by atoms with Gasteiger partial charge >= 0.3 is 11.9 Å². The molecule has 0 bridgehead atoms. The van der Waals surface area contributed by atoms with Crippen LogP contribution in [0.5, 0.6) is 0 Å². The minimum Gasteiger partial charge on any atom is -0.478 e. The standard InChI is InChI=1S/C12H22O2.C7H10O2/c1-4-6-7-11(5-2)9-8-10(3)12(13)14;1-3-4-5-6(2)7(8)9/h11H,3-9H2,1-2H3,(H,13,14);3H,1-2,4-5H2,(H,8,9). The Bertz CT molecular complexity index is 396. The molecule has 0 aromatic carbocycles. The molecule has 0 rings (SSSR count). The fourth-order valence-electron chi connectivity index (χ4n) is 1.91. The Morgan fingerprint density at radius 2 is 1.52 bits per heavy atom. The molecule has 0 radical (unpaired) electrons. The lowest BCUT2D eigenvalue weighted by Crippen LogP contribution is -2.04. The zero-order valence-electron chi connectivity index (χ0n) is 14.6. The quantitative estimate of drug-likeness (QED) is 0.381. The number of carboxylic acid groups (broad SMARTS) is 2. The molecule has 1 atom stereocenters. The molecule has 23 heavy (non-hydrogen) atoms. The van der Waals surface area contributed by atoms with Gasteiger partial charge in [0.2, 0.25) is 0 Å². The Labute approximate surface area is 140 Å². The van der Waals surface area contributed by atoms with Crippen LogP contribution in [-0.4, -0.2) is 22.2 Å². The molecule has 0 fully saturated rings. The molecule has 4 nitrogen and oxygen atoms in total. The van der Waals surface area contributed by atoms with E-state index in [0.29, 0.717) is 30.8 Å². The second-order valence-corrected chi connectivity index (χ2v) is 5.60. The van der Waals surface area contributed by atoms with Crippen molar-refractivity contribution in [1.29, 1.82) is 0 Å². The zero-order valence-corrected chi connectivity index (χ0v) is 14.6. The van der Waals surface area contributed by atoms with Crippen molar-refractivity contribution in [3.63, 3.8) is 0 Å². The number of unbranched alkanes of at least 4 members (excludes halogenated alkanes) is 1. The predicted molar refractivity (Wildman–Crippen MR) is 95.5 cm³/mol. The molecular formula is C19H32O4. The maximum atomic E-state index is 10.5. The fourth-order valence-corrected chi connectivity index (χ4v) is 1.91. The summed E-state index contributed by atoms with van der Waals surface area (Å²) in [7, 11) is 0. The minimum atomic E-state index is -0.920. The molecule has 0 aliphatic carbocycles. The molecular weight excluding hydrogens is 292 g/mol. The molecule has 4 heteroatoms. The highest BCUT2D eigenvalue weighted by molar-refractivity contribution is 5.86. The highest BCUT2D eigenvalue weighted by Gasteiger charge is 2.09. The molecule has 1 unspecified atom stereocenters. The van der Waals surface area contributed by atoms with Crippen LogP contribution in [-0.2, 0) is 9.59 Å². The van der Waals surface area contributed by atoms with Crippen molar-refractivity contribution in [3.05, 3.63) is 37.0 Å². The average molecular weight is 324 g/mol. The summed E-state index contributed by atoms with van der Waals surface area (Å²) in [4.78, 5) is 20.6. The number of carboxylic acids is 2. The largest absolute Gasteiger partial charge is 0.478 e. The van der Waals surface area contributed by atoms with Crippen molar-refractivity contribution < 1.29 is 19.8 Å². The third-order valence-corrected chi connectivity index (χ3v) is 3.65. The van der Waals surface area contributed by atoms with E-state index in [-0.39, 0.29) is 5.57 Å². The molecule has 0 aliphatic rings. The second kappa shape index (κ2) is 15.1. The first-order chi connectivity index (χ1) is 10.8. The van der Waals surface area contributed by atoms with Gasteiger partial charge < -0.3 is 10.2 Å². The molecule has 0 aromatic heterocycles. The zero-order chi connectivity index (χ0) is 18.3. The highest BCUT2D eigenvalue weighted by atomic mass is 16.4. The van der Waals surface area contributed by atoms with Crippen LogP contribution in [0.1, 0.15) is 65.2 Å². The van der Waals surface area contributed by atoms with Gasteiger partial charge in [0.1, 0.15) is 0 Å². The number of aliphatic carboxylic acids is 2. The van der Waals surface area contributed by atoms with E-state index in [9.17, 15) is 9.59 Å². The molecule has 0 saturated carbocycles. The maximum absolute atomic E-state index is 10.5. The van der Waals surface area contributed by atoms with E-state index in [1.54, 1.807) is 6.08 Å². The lowest BCUT2D eigenvalue weighted by atomic mass is 9.93. The van der Waals surface area contributed by atoms with Crippen molar-refractivity contribution in [1.82, 2.24) is 0 Å². The third-order valence-electron chi connectivity index (χ3n) is 3.65. The van der Waals surface area contributed by atoms with E-state index < -0.39 is 11.9 Å². The van der Waals surface area contributed by atoms with Crippen LogP contribution >= 0.6 is 0 Å². The Balaban J connectivity index is 0. The van der Waals surface area contributed by atoms with E-state index in [4.69, 9.17) is 10.2 Å². The lowest BCUT2D eigenvalue weighted by molar-refractivity contribution is -0.133. The van der Waals surface area contributed by atoms with Gasteiger partial charge in [-0.05, 0) is 31.6 Å². The third kappa shape index (κ3) is 14.8. The van der Waals surface area contributed by atoms with Gasteiger partial charge in [-0.3, -0.25) is 0 Å². The van der Waals surface area contributed by atoms with E-state index in [1.807, 2.05) is 0 Å². The fraction of sp³-hybridized carbons (Fsp3) is 0.579. The summed E-state index contributed by atoms with van der Waals surface area (Å²) in [5, 5.41) is 16.9. The first kappa shape index (κ1) is 23.4. The summed E-state index contributed by atoms with van der Waals surface area (Å²) in [6.07, 6.45) is 9.30. The Hall–Kier alpha value is -1.84. The van der Waals surface area contributed by atoms with Gasteiger partial charge in [-0.15, -0.1) is 6.58 Å². The topological polar surface area (TPSA) is 74.6 Å². The number of carbonyl (C=O) groups is 2. The lowest BCUT2D eigenvalue weighted by Gasteiger charge is -2.13. The van der Waals surface area contributed by atoms with Gasteiger partial charge in [-0.1, -0.05) is 58.8 Å². The minimum absolute atomic E-state index is 0.245. The summed E-state index contributed by atoms with van der Waals surface area (Å²) >= 11 is 0. The van der Waals surface area contributed by atoms with Gasteiger partial charge in [0.25, 0.3) is 0 Å². The van der Waals surface area contributed by atoms with Crippen LogP contribution < -0.4 is 0 Å². The van der Waals surface area contributed by atoms with Crippen LogP contribution in [0.25, 0.3) is 0 Å². The number of allylic oxidation sites excluding steroid dienone is 1. The highest BCUT2D eigenvalue weighted by Crippen LogP contribution is 2.20. The van der Waals surface area contributed by atoms with Gasteiger partial charge in [0.05, 0.1) is 0 Å². The maximum Gasteiger partial charge on any atom is 0.330 e. The van der Waals surface area contributed by atoms with Crippen molar-refractivity contribution >= 4 is 11.9 Å². The van der Waals surface area contributed by atoms with Gasteiger partial charge in [-0.25, -0.2) is 9.59 Å². The van der Waals surface area contributed by atoms with E-state index >= 15 is 0 Å². The van der Waals surface area contributed by atoms with E-state index in [2.05, 4.69) is 33.6 Å². The molecule has 0 aromatic rings. The first-order valence-corrected chi connectivity index (χ1v) is 8.23. The smallest absolute Gasteiger partial charge is 0.330 e. The van der Waals surface area contributed by atoms with Crippen LogP contribution in [0, 0.1) is 5.92 Å². The molecule has 0 aliphatic heterocycles. The van der Waals surface area contributed by atoms with E-state index in [0.717, 1.165) is 12.8 Å². The second-order valence-electron chi connectivity index (χ2n) is 5.60. The van der Waals surface area contributed by atoms with Crippen molar-refractivity contribution in [2.45, 2.75) is 65.2 Å². The van der Waals surface area contributed by atoms with Gasteiger partial charge in [0, 0.05) is 11.1 Å². The predicted octanol–water partition coefficient (Wildman–Crippen LogP) is 5.22. The molecule has 132 valence electrons. The van der Waals surface area contributed by atoms with Crippen molar-refractivity contribution in [2.24, 2.45) is 5.92 Å². The Morgan fingerprint density at radius 3 is 1.91 bits per heavy atom. The monoisotopic (exact) mass is 324 g/mol. The molecule has 2 N–H and O–H groups in total. The molecule has 0 spiro atoms. The summed E-state index contributed by atoms with van der Waals surface area (Å²) < 4.78 is 0. The summed E-state index contributed by atoms with van der Waals surface area (Å²) in [5.41, 5.74) is 0.592. The van der Waals surface area contributed by atoms with E-state index in [1.165, 1.54) is 19.3 Å². The van der Waals surface area contributed by atoms with Crippen LogP contribution in [0.15, 0.2) is 37.0 Å². The summed E-state index contributed by atoms with van der Waals surface area (Å²) in [5.74, 6) is -1.10. The van der Waals surface area contributed by atoms with Crippen LogP contribution in [0.4, 0.5) is 0 Å². The van der Waals surface area contributed by atoms with Gasteiger partial charge in [0.15, 0.2) is 0 Å². The molecule has 0 heterocycles. The van der Waals surface area contributed by atoms with Crippen LogP contribution in [0.3, 0.4) is 0 Å². The average Bonchev–Trinajstić information content (AvgIpc) is 2.52. The normalized spacial score (nSPS) is 10.9. The molecule has 0 saturated heterocycles. The number of hydrogen-bond acceptors (Lipinski definition) is 2. The van der Waals surface area contributed by atoms with Crippen molar-refractivity contribution in [3.8, 4) is 0 Å². The Kier molecular flexibility index (Phi) is 15.4. The number of rotatable bonds is 12. The van der Waals surface area contributed by atoms with Crippen molar-refractivity contribution in [2.75, 3.05) is 0 Å². The summed E-state index contributed by atoms with van der Waals surface area (Å²) in [6, 6.07) is 0. The molecule has 0 amide bonds. The number of hydrogen-bond donors (Lipinski definition) is 2. The van der Waals surface area contributed by atoms with Crippen LogP contribution in [0.2, 0.25) is 0 Å². The van der Waals surface area contributed by atoms with Gasteiger partial charge in [-0.2, -0.15) is 0 Å². The summed E-state index contributed by atoms with van der Waals surface area (Å²) in [6.45, 7) is 14.7.